The van der Waals surface area contributed by atoms with Crippen LogP contribution in [0.4, 0.5) is 4.79 Å². The van der Waals surface area contributed by atoms with E-state index in [2.05, 4.69) is 15.5 Å². The molecular formula is C18H24N4O3. The van der Waals surface area contributed by atoms with E-state index in [0.29, 0.717) is 30.9 Å². The number of hydrogen-bond donors (Lipinski definition) is 1. The smallest absolute Gasteiger partial charge is 0.409 e. The van der Waals surface area contributed by atoms with Crippen LogP contribution >= 0.6 is 0 Å². The predicted octanol–water partition coefficient (Wildman–Crippen LogP) is 2.49. The molecule has 1 fully saturated rings. The van der Waals surface area contributed by atoms with Crippen LogP contribution < -0.4 is 5.32 Å². The number of nitrogens with one attached hydrogen (secondary N) is 1. The van der Waals surface area contributed by atoms with Gasteiger partial charge in [0, 0.05) is 37.7 Å². The van der Waals surface area contributed by atoms with Crippen LogP contribution in [0.1, 0.15) is 25.7 Å². The zero-order valence-corrected chi connectivity index (χ0v) is 14.5. The largest absolute Gasteiger partial charge is 0.450 e. The standard InChI is InChI=1S/C18H24N4O3/c1-2-24-18(23)22-12-9-15(10-13-22)19-11-8-16-20-21-17(25-16)14-6-4-3-5-7-14/h3-7,15,19H,2,8-13H2,1H3. The zero-order chi connectivity index (χ0) is 17.5. The molecule has 2 heterocycles. The third-order valence-electron chi connectivity index (χ3n) is 4.28. The van der Waals surface area contributed by atoms with E-state index in [4.69, 9.17) is 9.15 Å². The fraction of sp³-hybridized carbons (Fsp3) is 0.500. The molecule has 1 aliphatic heterocycles. The van der Waals surface area contributed by atoms with Gasteiger partial charge in [0.2, 0.25) is 11.8 Å². The van der Waals surface area contributed by atoms with Crippen LogP contribution in [0, 0.1) is 0 Å². The summed E-state index contributed by atoms with van der Waals surface area (Å²) in [6, 6.07) is 10.2. The van der Waals surface area contributed by atoms with Gasteiger partial charge in [0.15, 0.2) is 0 Å². The average molecular weight is 344 g/mol. The summed E-state index contributed by atoms with van der Waals surface area (Å²) < 4.78 is 10.7. The molecule has 7 nitrogen and oxygen atoms in total. The Hall–Kier alpha value is -2.41. The monoisotopic (exact) mass is 344 g/mol. The Morgan fingerprint density at radius 1 is 1.28 bits per heavy atom. The van der Waals surface area contributed by atoms with Gasteiger partial charge >= 0.3 is 6.09 Å². The molecule has 1 N–H and O–H groups in total. The van der Waals surface area contributed by atoms with Gasteiger partial charge in [-0.3, -0.25) is 0 Å². The molecule has 25 heavy (non-hydrogen) atoms. The minimum absolute atomic E-state index is 0.208. The molecule has 0 unspecified atom stereocenters. The van der Waals surface area contributed by atoms with Crippen LogP contribution in [0.25, 0.3) is 11.5 Å². The second-order valence-electron chi connectivity index (χ2n) is 6.03. The van der Waals surface area contributed by atoms with Crippen LogP contribution in [0.3, 0.4) is 0 Å². The minimum atomic E-state index is -0.208. The van der Waals surface area contributed by atoms with Crippen molar-refractivity contribution in [1.29, 1.82) is 0 Å². The van der Waals surface area contributed by atoms with Crippen molar-refractivity contribution in [2.45, 2.75) is 32.2 Å². The first kappa shape index (κ1) is 17.4. The van der Waals surface area contributed by atoms with Crippen LogP contribution in [0.2, 0.25) is 0 Å². The molecule has 0 saturated carbocycles. The van der Waals surface area contributed by atoms with Gasteiger partial charge < -0.3 is 19.4 Å². The molecule has 134 valence electrons. The van der Waals surface area contributed by atoms with E-state index in [1.165, 1.54) is 0 Å². The van der Waals surface area contributed by atoms with Crippen LogP contribution in [-0.4, -0.2) is 53.5 Å². The number of carbonyl (C=O) groups excluding carboxylic acids is 1. The molecule has 0 radical (unpaired) electrons. The van der Waals surface area contributed by atoms with Gasteiger partial charge in [0.1, 0.15) is 0 Å². The molecular weight excluding hydrogens is 320 g/mol. The van der Waals surface area contributed by atoms with Crippen LogP contribution in [0.15, 0.2) is 34.7 Å². The Bertz CT molecular complexity index is 666. The summed E-state index contributed by atoms with van der Waals surface area (Å²) in [7, 11) is 0. The van der Waals surface area contributed by atoms with Gasteiger partial charge in [-0.15, -0.1) is 10.2 Å². The Kier molecular flexibility index (Phi) is 6.00. The second kappa shape index (κ2) is 8.62. The summed E-state index contributed by atoms with van der Waals surface area (Å²) in [6.07, 6.45) is 2.34. The number of carbonyl (C=O) groups is 1. The number of nitrogens with zero attached hydrogens (tertiary/aromatic N) is 3. The molecule has 0 aliphatic carbocycles. The number of amides is 1. The van der Waals surface area contributed by atoms with E-state index >= 15 is 0 Å². The number of aromatic nitrogens is 2. The number of ether oxygens (including phenoxy) is 1. The van der Waals surface area contributed by atoms with E-state index in [1.807, 2.05) is 37.3 Å². The SMILES string of the molecule is CCOC(=O)N1CCC(NCCc2nnc(-c3ccccc3)o2)CC1. The van der Waals surface area contributed by atoms with Gasteiger partial charge in [-0.1, -0.05) is 18.2 Å². The van der Waals surface area contributed by atoms with E-state index in [0.717, 1.165) is 38.0 Å². The van der Waals surface area contributed by atoms with Crippen molar-refractivity contribution in [2.24, 2.45) is 0 Å². The highest BCUT2D eigenvalue weighted by Crippen LogP contribution is 2.17. The van der Waals surface area contributed by atoms with Crippen LogP contribution in [-0.2, 0) is 11.2 Å². The molecule has 0 atom stereocenters. The van der Waals surface area contributed by atoms with Gasteiger partial charge in [0.25, 0.3) is 0 Å². The maximum Gasteiger partial charge on any atom is 0.409 e. The van der Waals surface area contributed by atoms with E-state index in [9.17, 15) is 4.79 Å². The van der Waals surface area contributed by atoms with Crippen molar-refractivity contribution < 1.29 is 13.9 Å². The molecule has 1 aromatic heterocycles. The van der Waals surface area contributed by atoms with E-state index in [1.54, 1.807) is 4.90 Å². The van der Waals surface area contributed by atoms with Gasteiger partial charge in [-0.2, -0.15) is 0 Å². The quantitative estimate of drug-likeness (QED) is 0.867. The average Bonchev–Trinajstić information content (AvgIpc) is 3.12. The third-order valence-corrected chi connectivity index (χ3v) is 4.28. The summed E-state index contributed by atoms with van der Waals surface area (Å²) in [5.74, 6) is 1.19. The summed E-state index contributed by atoms with van der Waals surface area (Å²) in [6.45, 7) is 4.49. The molecule has 2 aromatic rings. The fourth-order valence-corrected chi connectivity index (χ4v) is 2.92. The van der Waals surface area contributed by atoms with Crippen molar-refractivity contribution in [3.63, 3.8) is 0 Å². The number of hydrogen-bond acceptors (Lipinski definition) is 6. The van der Waals surface area contributed by atoms with E-state index < -0.39 is 0 Å². The minimum Gasteiger partial charge on any atom is -0.450 e. The van der Waals surface area contributed by atoms with Crippen molar-refractivity contribution in [1.82, 2.24) is 20.4 Å². The molecule has 1 saturated heterocycles. The highest BCUT2D eigenvalue weighted by atomic mass is 16.6. The van der Waals surface area contributed by atoms with Crippen molar-refractivity contribution >= 4 is 6.09 Å². The molecule has 1 aromatic carbocycles. The molecule has 0 spiro atoms. The summed E-state index contributed by atoms with van der Waals surface area (Å²) in [5.41, 5.74) is 0.931. The second-order valence-corrected chi connectivity index (χ2v) is 6.03. The Labute approximate surface area is 147 Å². The van der Waals surface area contributed by atoms with Crippen molar-refractivity contribution in [3.8, 4) is 11.5 Å². The maximum absolute atomic E-state index is 11.7. The Morgan fingerprint density at radius 2 is 2.04 bits per heavy atom. The summed E-state index contributed by atoms with van der Waals surface area (Å²) in [5, 5.41) is 11.7. The molecule has 1 amide bonds. The summed E-state index contributed by atoms with van der Waals surface area (Å²) >= 11 is 0. The molecule has 7 heteroatoms. The first-order valence-electron chi connectivity index (χ1n) is 8.79. The zero-order valence-electron chi connectivity index (χ0n) is 14.5. The topological polar surface area (TPSA) is 80.5 Å². The molecule has 3 rings (SSSR count). The number of rotatable bonds is 6. The predicted molar refractivity (Wildman–Crippen MR) is 93.1 cm³/mol. The maximum atomic E-state index is 11.7. The highest BCUT2D eigenvalue weighted by Gasteiger charge is 2.23. The third kappa shape index (κ3) is 4.79. The number of piperidine rings is 1. The van der Waals surface area contributed by atoms with Crippen molar-refractivity contribution in [2.75, 3.05) is 26.2 Å². The molecule has 1 aliphatic rings. The lowest BCUT2D eigenvalue weighted by Gasteiger charge is -2.31. The first-order valence-corrected chi connectivity index (χ1v) is 8.79. The highest BCUT2D eigenvalue weighted by molar-refractivity contribution is 5.67. The fourth-order valence-electron chi connectivity index (χ4n) is 2.92. The number of benzene rings is 1. The van der Waals surface area contributed by atoms with Crippen molar-refractivity contribution in [3.05, 3.63) is 36.2 Å². The van der Waals surface area contributed by atoms with E-state index in [-0.39, 0.29) is 6.09 Å². The van der Waals surface area contributed by atoms with Gasteiger partial charge in [-0.25, -0.2) is 4.79 Å². The van der Waals surface area contributed by atoms with Crippen LogP contribution in [0.5, 0.6) is 0 Å². The first-order chi connectivity index (χ1) is 12.3. The lowest BCUT2D eigenvalue weighted by atomic mass is 10.1. The Balaban J connectivity index is 1.39. The number of likely N-dealkylation sites (tertiary alicyclic amines) is 1. The van der Waals surface area contributed by atoms with Gasteiger partial charge in [0.05, 0.1) is 6.61 Å². The normalized spacial score (nSPS) is 15.3. The Morgan fingerprint density at radius 3 is 2.76 bits per heavy atom. The molecule has 0 bridgehead atoms. The lowest BCUT2D eigenvalue weighted by molar-refractivity contribution is 0.0951. The summed E-state index contributed by atoms with van der Waals surface area (Å²) in [4.78, 5) is 13.4. The lowest BCUT2D eigenvalue weighted by Crippen LogP contribution is -2.45. The van der Waals surface area contributed by atoms with Gasteiger partial charge in [-0.05, 0) is 31.9 Å².